The van der Waals surface area contributed by atoms with Gasteiger partial charge in [0.1, 0.15) is 4.90 Å². The Labute approximate surface area is 188 Å². The van der Waals surface area contributed by atoms with E-state index in [1.165, 1.54) is 29.5 Å². The summed E-state index contributed by atoms with van der Waals surface area (Å²) in [5, 5.41) is 11.0. The average molecular weight is 483 g/mol. The van der Waals surface area contributed by atoms with Crippen molar-refractivity contribution in [3.63, 3.8) is 0 Å². The number of sulfonamides is 1. The van der Waals surface area contributed by atoms with Crippen LogP contribution >= 0.6 is 34.7 Å². The molecule has 1 aromatic heterocycles. The molecule has 0 aliphatic heterocycles. The number of nitrogens with zero attached hydrogens (tertiary/aromatic N) is 2. The Morgan fingerprint density at radius 1 is 1.17 bits per heavy atom. The van der Waals surface area contributed by atoms with Crippen molar-refractivity contribution >= 4 is 61.4 Å². The summed E-state index contributed by atoms with van der Waals surface area (Å²) in [6, 6.07) is 12.5. The second kappa shape index (κ2) is 9.78. The topological polar surface area (TPSA) is 101 Å². The van der Waals surface area contributed by atoms with Crippen molar-refractivity contribution in [3.8, 4) is 0 Å². The van der Waals surface area contributed by atoms with Crippen LogP contribution in [0.15, 0.2) is 57.8 Å². The largest absolute Gasteiger partial charge is 0.296 e. The minimum atomic E-state index is -3.97. The summed E-state index contributed by atoms with van der Waals surface area (Å²) in [7, 11) is -3.97. The van der Waals surface area contributed by atoms with E-state index in [2.05, 4.69) is 34.1 Å². The fourth-order valence-electron chi connectivity index (χ4n) is 2.29. The van der Waals surface area contributed by atoms with E-state index in [4.69, 9.17) is 11.6 Å². The summed E-state index contributed by atoms with van der Waals surface area (Å²) < 4.78 is 28.7. The van der Waals surface area contributed by atoms with Crippen molar-refractivity contribution < 1.29 is 13.2 Å². The van der Waals surface area contributed by atoms with Crippen molar-refractivity contribution in [3.05, 3.63) is 59.1 Å². The van der Waals surface area contributed by atoms with Crippen molar-refractivity contribution in [2.24, 2.45) is 5.92 Å². The number of rotatable bonds is 8. The summed E-state index contributed by atoms with van der Waals surface area (Å²) in [6.45, 7) is 4.21. The lowest BCUT2D eigenvalue weighted by molar-refractivity contribution is 0.102. The quantitative estimate of drug-likeness (QED) is 0.346. The summed E-state index contributed by atoms with van der Waals surface area (Å²) >= 11 is 8.94. The van der Waals surface area contributed by atoms with Gasteiger partial charge in [0.15, 0.2) is 4.34 Å². The van der Waals surface area contributed by atoms with Crippen LogP contribution in [0.1, 0.15) is 24.2 Å². The third-order valence-electron chi connectivity index (χ3n) is 3.68. The molecular formula is C19H19ClN4O3S3. The van der Waals surface area contributed by atoms with Gasteiger partial charge in [-0.25, -0.2) is 8.42 Å². The number of para-hydroxylation sites is 1. The minimum Gasteiger partial charge on any atom is -0.296 e. The van der Waals surface area contributed by atoms with E-state index >= 15 is 0 Å². The highest BCUT2D eigenvalue weighted by atomic mass is 35.5. The number of amides is 1. The molecule has 30 heavy (non-hydrogen) atoms. The Kier molecular flexibility index (Phi) is 7.35. The maximum atomic E-state index is 12.7. The fourth-order valence-corrected chi connectivity index (χ4v) is 5.60. The summed E-state index contributed by atoms with van der Waals surface area (Å²) in [6.07, 6.45) is 0. The molecule has 0 spiro atoms. The molecule has 1 amide bonds. The van der Waals surface area contributed by atoms with Gasteiger partial charge in [0.2, 0.25) is 5.13 Å². The van der Waals surface area contributed by atoms with Crippen LogP contribution in [0.4, 0.5) is 10.8 Å². The van der Waals surface area contributed by atoms with E-state index in [1.54, 1.807) is 42.1 Å². The predicted molar refractivity (Wildman–Crippen MR) is 122 cm³/mol. The van der Waals surface area contributed by atoms with E-state index in [0.29, 0.717) is 16.7 Å². The molecule has 11 heteroatoms. The number of hydrogen-bond acceptors (Lipinski definition) is 7. The van der Waals surface area contributed by atoms with E-state index in [1.807, 2.05) is 0 Å². The van der Waals surface area contributed by atoms with E-state index in [0.717, 1.165) is 10.1 Å². The predicted octanol–water partition coefficient (Wildman–Crippen LogP) is 4.99. The van der Waals surface area contributed by atoms with Crippen molar-refractivity contribution in [2.45, 2.75) is 23.1 Å². The summed E-state index contributed by atoms with van der Waals surface area (Å²) in [5.41, 5.74) is 0.531. The van der Waals surface area contributed by atoms with Crippen LogP contribution in [0.2, 0.25) is 5.02 Å². The summed E-state index contributed by atoms with van der Waals surface area (Å²) in [5.74, 6) is 0.908. The SMILES string of the molecule is CC(C)CSc1nnc(NC(=O)c2ccc(Cl)c(S(=O)(=O)Nc3ccccc3)c2)s1. The Morgan fingerprint density at radius 3 is 2.60 bits per heavy atom. The first-order valence-electron chi connectivity index (χ1n) is 8.89. The molecule has 2 aromatic carbocycles. The Hall–Kier alpha value is -2.14. The molecule has 158 valence electrons. The molecule has 0 atom stereocenters. The Bertz CT molecular complexity index is 1130. The number of benzene rings is 2. The molecule has 0 saturated carbocycles. The number of hydrogen-bond donors (Lipinski definition) is 2. The lowest BCUT2D eigenvalue weighted by Crippen LogP contribution is -2.16. The molecule has 2 N–H and O–H groups in total. The van der Waals surface area contributed by atoms with Crippen molar-refractivity contribution in [1.82, 2.24) is 10.2 Å². The van der Waals surface area contributed by atoms with Gasteiger partial charge in [0.25, 0.3) is 15.9 Å². The van der Waals surface area contributed by atoms with E-state index < -0.39 is 15.9 Å². The van der Waals surface area contributed by atoms with Crippen molar-refractivity contribution in [1.29, 1.82) is 0 Å². The minimum absolute atomic E-state index is 0.0123. The highest BCUT2D eigenvalue weighted by molar-refractivity contribution is 8.01. The van der Waals surface area contributed by atoms with Crippen LogP contribution in [0, 0.1) is 5.92 Å². The first-order valence-corrected chi connectivity index (χ1v) is 12.6. The van der Waals surface area contributed by atoms with Gasteiger partial charge >= 0.3 is 0 Å². The second-order valence-corrected chi connectivity index (χ2v) is 11.0. The van der Waals surface area contributed by atoms with Crippen molar-refractivity contribution in [2.75, 3.05) is 15.8 Å². The third kappa shape index (κ3) is 5.94. The zero-order valence-electron chi connectivity index (χ0n) is 16.1. The molecule has 3 aromatic rings. The number of anilines is 2. The lowest BCUT2D eigenvalue weighted by atomic mass is 10.2. The standard InChI is InChI=1S/C19H19ClN4O3S3/c1-12(2)11-28-19-23-22-18(29-19)21-17(25)13-8-9-15(20)16(10-13)30(26,27)24-14-6-4-3-5-7-14/h3-10,12,24H,11H2,1-2H3,(H,21,22,25). The molecule has 0 aliphatic carbocycles. The first kappa shape index (κ1) is 22.5. The number of thioether (sulfide) groups is 1. The highest BCUT2D eigenvalue weighted by Crippen LogP contribution is 2.28. The molecule has 0 fully saturated rings. The zero-order chi connectivity index (χ0) is 21.7. The number of aromatic nitrogens is 2. The summed E-state index contributed by atoms with van der Waals surface area (Å²) in [4.78, 5) is 12.4. The molecule has 0 saturated heterocycles. The van der Waals surface area contributed by atoms with Gasteiger partial charge in [-0.1, -0.05) is 66.7 Å². The van der Waals surface area contributed by atoms with Gasteiger partial charge in [0.05, 0.1) is 5.02 Å². The molecule has 0 unspecified atom stereocenters. The molecule has 3 rings (SSSR count). The fraction of sp³-hybridized carbons (Fsp3) is 0.211. The average Bonchev–Trinajstić information content (AvgIpc) is 3.14. The van der Waals surface area contributed by atoms with Gasteiger partial charge in [-0.15, -0.1) is 10.2 Å². The number of halogens is 1. The number of carbonyl (C=O) groups is 1. The number of nitrogens with one attached hydrogen (secondary N) is 2. The maximum absolute atomic E-state index is 12.7. The normalized spacial score (nSPS) is 11.5. The van der Waals surface area contributed by atoms with Gasteiger partial charge in [-0.2, -0.15) is 0 Å². The molecule has 0 bridgehead atoms. The van der Waals surface area contributed by atoms with Crippen LogP contribution in [-0.4, -0.2) is 30.3 Å². The Morgan fingerprint density at radius 2 is 1.90 bits per heavy atom. The Balaban J connectivity index is 1.76. The molecule has 1 heterocycles. The maximum Gasteiger partial charge on any atom is 0.263 e. The second-order valence-electron chi connectivity index (χ2n) is 6.65. The number of carbonyl (C=O) groups excluding carboxylic acids is 1. The van der Waals surface area contributed by atoms with Crippen LogP contribution in [0.5, 0.6) is 0 Å². The van der Waals surface area contributed by atoms with Crippen LogP contribution in [0.25, 0.3) is 0 Å². The van der Waals surface area contributed by atoms with Gasteiger partial charge in [0, 0.05) is 17.0 Å². The zero-order valence-corrected chi connectivity index (χ0v) is 19.3. The van der Waals surface area contributed by atoms with Gasteiger partial charge in [-0.3, -0.25) is 14.8 Å². The molecular weight excluding hydrogens is 464 g/mol. The van der Waals surface area contributed by atoms with Crippen LogP contribution < -0.4 is 10.0 Å². The first-order chi connectivity index (χ1) is 14.2. The van der Waals surface area contributed by atoms with Gasteiger partial charge in [-0.05, 0) is 36.2 Å². The van der Waals surface area contributed by atoms with Crippen LogP contribution in [0.3, 0.4) is 0 Å². The van der Waals surface area contributed by atoms with Gasteiger partial charge < -0.3 is 0 Å². The monoisotopic (exact) mass is 482 g/mol. The third-order valence-corrected chi connectivity index (χ3v) is 7.94. The highest BCUT2D eigenvalue weighted by Gasteiger charge is 2.21. The molecule has 7 nitrogen and oxygen atoms in total. The molecule has 0 radical (unpaired) electrons. The molecule has 0 aliphatic rings. The smallest absolute Gasteiger partial charge is 0.263 e. The van der Waals surface area contributed by atoms with Crippen LogP contribution in [-0.2, 0) is 10.0 Å². The van der Waals surface area contributed by atoms with E-state index in [-0.39, 0.29) is 15.5 Å². The lowest BCUT2D eigenvalue weighted by Gasteiger charge is -2.11. The van der Waals surface area contributed by atoms with E-state index in [9.17, 15) is 13.2 Å².